The van der Waals surface area contributed by atoms with Gasteiger partial charge < -0.3 is 59.4 Å². The lowest BCUT2D eigenvalue weighted by atomic mass is 9.35. The molecule has 12 nitrogen and oxygen atoms in total. The molecule has 0 amide bonds. The van der Waals surface area contributed by atoms with Gasteiger partial charge in [-0.25, -0.2) is 0 Å². The molecule has 0 unspecified atom stereocenters. The molecule has 7 aliphatic rings. The van der Waals surface area contributed by atoms with E-state index in [1.54, 1.807) is 0 Å². The van der Waals surface area contributed by atoms with Crippen LogP contribution in [0.2, 0.25) is 0 Å². The van der Waals surface area contributed by atoms with E-state index in [1.165, 1.54) is 18.4 Å². The molecule has 0 spiro atoms. The number of aliphatic hydroxyl groups excluding tert-OH is 7. The predicted molar refractivity (Wildman–Crippen MR) is 198 cm³/mol. The largest absolute Gasteiger partial charge is 0.394 e. The second kappa shape index (κ2) is 14.5. The van der Waals surface area contributed by atoms with Gasteiger partial charge in [0.25, 0.3) is 0 Å². The van der Waals surface area contributed by atoms with E-state index in [4.69, 9.17) is 23.7 Å². The lowest BCUT2D eigenvalue weighted by Gasteiger charge is -2.70. The Morgan fingerprint density at radius 2 is 1.33 bits per heavy atom. The summed E-state index contributed by atoms with van der Waals surface area (Å²) in [5, 5.41) is 73.4. The van der Waals surface area contributed by atoms with Crippen LogP contribution in [0.3, 0.4) is 0 Å². The zero-order valence-electron chi connectivity index (χ0n) is 33.8. The minimum atomic E-state index is -1.72. The van der Waals surface area contributed by atoms with Crippen molar-refractivity contribution in [3.63, 3.8) is 0 Å². The fraction of sp³-hybridized carbons (Fsp3) is 0.952. The Labute approximate surface area is 321 Å². The maximum atomic E-state index is 11.3. The highest BCUT2D eigenvalue weighted by Crippen LogP contribution is 2.78. The van der Waals surface area contributed by atoms with Crippen LogP contribution in [0.15, 0.2) is 11.6 Å². The molecule has 7 N–H and O–H groups in total. The third-order valence-corrected chi connectivity index (χ3v) is 17.0. The predicted octanol–water partition coefficient (Wildman–Crippen LogP) is 3.19. The van der Waals surface area contributed by atoms with Crippen molar-refractivity contribution in [2.24, 2.45) is 45.3 Å². The van der Waals surface area contributed by atoms with Crippen LogP contribution in [-0.2, 0) is 23.7 Å². The standard InChI is InChI=1S/C42H70O12/c1-21(2)10-9-14-42(8)22-11-16-41(7)29(22)23(54-42)18-27-39(5)15-13-28(38(3,4)26(39)12-17-40(27,41)6)52-37-35(33(48)31(46)25(20-44)51-37)53-36-34(49)32(47)30(45)24(19-43)50-36/h10,22-37,43-49H,9,11-20H2,1-8H3/t22-,23+,24+,25+,26-,27+,28-,29-,30+,31+,32-,33-,34+,35+,36-,37-,39-,40+,41+,42-/m0/s1. The van der Waals surface area contributed by atoms with Gasteiger partial charge in [0.05, 0.1) is 31.0 Å². The molecule has 3 heterocycles. The second-order valence-corrected chi connectivity index (χ2v) is 20.2. The summed E-state index contributed by atoms with van der Waals surface area (Å²) in [6.45, 7) is 17.8. The Balaban J connectivity index is 1.12. The molecule has 0 aromatic carbocycles. The first-order valence-corrected chi connectivity index (χ1v) is 20.8. The molecular weight excluding hydrogens is 696 g/mol. The summed E-state index contributed by atoms with van der Waals surface area (Å²) in [4.78, 5) is 0. The highest BCUT2D eigenvalue weighted by molar-refractivity contribution is 5.22. The highest BCUT2D eigenvalue weighted by atomic mass is 16.8. The molecule has 7 rings (SSSR count). The third kappa shape index (κ3) is 6.22. The van der Waals surface area contributed by atoms with E-state index < -0.39 is 74.6 Å². The van der Waals surface area contributed by atoms with Crippen molar-refractivity contribution in [3.05, 3.63) is 11.6 Å². The van der Waals surface area contributed by atoms with E-state index in [9.17, 15) is 35.7 Å². The molecule has 4 aliphatic carbocycles. The monoisotopic (exact) mass is 766 g/mol. The van der Waals surface area contributed by atoms with Crippen LogP contribution in [0.25, 0.3) is 0 Å². The van der Waals surface area contributed by atoms with Gasteiger partial charge in [-0.1, -0.05) is 46.3 Å². The maximum Gasteiger partial charge on any atom is 0.187 e. The number of aliphatic hydroxyl groups is 7. The Morgan fingerprint density at radius 1 is 0.704 bits per heavy atom. The molecule has 3 saturated heterocycles. The summed E-state index contributed by atoms with van der Waals surface area (Å²) in [5.74, 6) is 1.95. The smallest absolute Gasteiger partial charge is 0.187 e. The van der Waals surface area contributed by atoms with Crippen LogP contribution in [0.4, 0.5) is 0 Å². The number of hydrogen-bond donors (Lipinski definition) is 7. The normalized spacial score (nSPS) is 55.1. The van der Waals surface area contributed by atoms with Crippen molar-refractivity contribution < 1.29 is 59.4 Å². The van der Waals surface area contributed by atoms with Crippen LogP contribution in [0.5, 0.6) is 0 Å². The third-order valence-electron chi connectivity index (χ3n) is 17.0. The lowest BCUT2D eigenvalue weighted by Crippen LogP contribution is -2.67. The highest BCUT2D eigenvalue weighted by Gasteiger charge is 2.74. The van der Waals surface area contributed by atoms with Gasteiger partial charge in [0.2, 0.25) is 0 Å². The summed E-state index contributed by atoms with van der Waals surface area (Å²) < 4.78 is 31.8. The number of allylic oxidation sites excluding steroid dienone is 2. The quantitative estimate of drug-likeness (QED) is 0.134. The fourth-order valence-corrected chi connectivity index (χ4v) is 13.9. The van der Waals surface area contributed by atoms with E-state index in [2.05, 4.69) is 61.5 Å². The molecule has 4 saturated carbocycles. The number of rotatable bonds is 9. The SMILES string of the molecule is CC(C)=CCC[C@]1(C)O[C@@H]2C[C@@H]3[C@@]4(C)CC[C@H](O[C@@H]5O[C@H](CO)[C@@H](O)[C@H](O)[C@H]5O[C@@H]5O[C@H](CO)[C@@H](O)[C@H](O)[C@H]5O)C(C)(C)[C@@H]4CC[C@@]3(C)[C@]3(C)CC[C@H]1[C@@H]23. The van der Waals surface area contributed by atoms with Gasteiger partial charge in [0.15, 0.2) is 12.6 Å². The minimum absolute atomic E-state index is 0.0236. The minimum Gasteiger partial charge on any atom is -0.394 e. The molecule has 12 heteroatoms. The Morgan fingerprint density at radius 3 is 1.98 bits per heavy atom. The van der Waals surface area contributed by atoms with Gasteiger partial charge >= 0.3 is 0 Å². The van der Waals surface area contributed by atoms with Crippen molar-refractivity contribution >= 4 is 0 Å². The zero-order chi connectivity index (χ0) is 39.3. The van der Waals surface area contributed by atoms with Crippen LogP contribution < -0.4 is 0 Å². The molecule has 7 fully saturated rings. The number of ether oxygens (including phenoxy) is 5. The number of hydrogen-bond acceptors (Lipinski definition) is 12. The lowest BCUT2D eigenvalue weighted by molar-refractivity contribution is -0.378. The molecule has 3 aliphatic heterocycles. The van der Waals surface area contributed by atoms with Gasteiger partial charge in [0.1, 0.15) is 48.8 Å². The zero-order valence-corrected chi connectivity index (χ0v) is 33.8. The summed E-state index contributed by atoms with van der Waals surface area (Å²) in [6.07, 6.45) is -2.99. The fourth-order valence-electron chi connectivity index (χ4n) is 13.9. The van der Waals surface area contributed by atoms with Crippen molar-refractivity contribution in [3.8, 4) is 0 Å². The van der Waals surface area contributed by atoms with Crippen molar-refractivity contribution in [1.82, 2.24) is 0 Å². The topological polar surface area (TPSA) is 188 Å². The molecule has 0 radical (unpaired) electrons. The average molecular weight is 767 g/mol. The molecule has 310 valence electrons. The number of fused-ring (bicyclic) bond motifs is 4. The Kier molecular flexibility index (Phi) is 11.1. The molecule has 0 aromatic heterocycles. The first-order valence-electron chi connectivity index (χ1n) is 20.8. The van der Waals surface area contributed by atoms with Gasteiger partial charge in [-0.15, -0.1) is 0 Å². The first-order chi connectivity index (χ1) is 25.3. The summed E-state index contributed by atoms with van der Waals surface area (Å²) in [5.41, 5.74) is 1.32. The average Bonchev–Trinajstić information content (AvgIpc) is 3.63. The van der Waals surface area contributed by atoms with E-state index >= 15 is 0 Å². The van der Waals surface area contributed by atoms with Crippen molar-refractivity contribution in [2.45, 2.75) is 192 Å². The molecule has 0 bridgehead atoms. The van der Waals surface area contributed by atoms with Crippen LogP contribution in [0, 0.1) is 45.3 Å². The Bertz CT molecular complexity index is 1390. The first kappa shape index (κ1) is 41.4. The van der Waals surface area contributed by atoms with Crippen molar-refractivity contribution in [2.75, 3.05) is 13.2 Å². The summed E-state index contributed by atoms with van der Waals surface area (Å²) in [7, 11) is 0. The second-order valence-electron chi connectivity index (χ2n) is 20.2. The van der Waals surface area contributed by atoms with Crippen LogP contribution in [-0.4, -0.2) is 128 Å². The van der Waals surface area contributed by atoms with E-state index in [0.29, 0.717) is 23.7 Å². The van der Waals surface area contributed by atoms with Crippen LogP contribution >= 0.6 is 0 Å². The molecule has 20 atom stereocenters. The van der Waals surface area contributed by atoms with Crippen LogP contribution in [0.1, 0.15) is 113 Å². The Hall–Kier alpha value is -0.740. The van der Waals surface area contributed by atoms with Gasteiger partial charge in [-0.3, -0.25) is 0 Å². The van der Waals surface area contributed by atoms with E-state index in [0.717, 1.165) is 44.9 Å². The molecule has 54 heavy (non-hydrogen) atoms. The van der Waals surface area contributed by atoms with E-state index in [1.807, 2.05) is 0 Å². The molecular formula is C42H70O12. The van der Waals surface area contributed by atoms with E-state index in [-0.39, 0.29) is 39.5 Å². The summed E-state index contributed by atoms with van der Waals surface area (Å²) >= 11 is 0. The maximum absolute atomic E-state index is 11.3. The summed E-state index contributed by atoms with van der Waals surface area (Å²) in [6, 6.07) is 0. The van der Waals surface area contributed by atoms with Gasteiger partial charge in [0, 0.05) is 0 Å². The van der Waals surface area contributed by atoms with Crippen molar-refractivity contribution in [1.29, 1.82) is 0 Å². The van der Waals surface area contributed by atoms with Gasteiger partial charge in [-0.2, -0.15) is 0 Å². The molecule has 0 aromatic rings. The van der Waals surface area contributed by atoms with Gasteiger partial charge in [-0.05, 0) is 124 Å².